The summed E-state index contributed by atoms with van der Waals surface area (Å²) in [6, 6.07) is 6.88. The van der Waals surface area contributed by atoms with Crippen molar-refractivity contribution in [2.24, 2.45) is 0 Å². The van der Waals surface area contributed by atoms with Gasteiger partial charge in [-0.2, -0.15) is 23.8 Å². The van der Waals surface area contributed by atoms with Gasteiger partial charge in [-0.05, 0) is 0 Å². The van der Waals surface area contributed by atoms with Crippen LogP contribution >= 0.6 is 0 Å². The van der Waals surface area contributed by atoms with Crippen molar-refractivity contribution in [1.82, 2.24) is 0 Å². The second-order valence-corrected chi connectivity index (χ2v) is 2.27. The molecule has 0 saturated heterocycles. The third-order valence-electron chi connectivity index (χ3n) is 1.32. The molecule has 0 aromatic heterocycles. The minimum absolute atomic E-state index is 0. The van der Waals surface area contributed by atoms with Crippen molar-refractivity contribution in [3.63, 3.8) is 0 Å². The van der Waals surface area contributed by atoms with E-state index in [1.807, 2.05) is 26.0 Å². The normalized spacial score (nSPS) is 8.60. The molecule has 0 amide bonds. The standard InChI is InChI=1S/C8H10N.Cr/c1-6-3-4-8(9)7(2)5-6;/h3,5H,9H2,1-2H3;/q-1;. The van der Waals surface area contributed by atoms with Gasteiger partial charge in [-0.1, -0.05) is 19.5 Å². The average Bonchev–Trinajstić information content (AvgIpc) is 1.80. The number of aryl methyl sites for hydroxylation is 2. The Morgan fingerprint density at radius 3 is 2.40 bits per heavy atom. The predicted octanol–water partition coefficient (Wildman–Crippen LogP) is 1.68. The van der Waals surface area contributed by atoms with Crippen LogP contribution in [0.5, 0.6) is 0 Å². The van der Waals surface area contributed by atoms with E-state index in [1.54, 1.807) is 0 Å². The molecule has 0 aliphatic rings. The van der Waals surface area contributed by atoms with Crippen LogP contribution in [0.3, 0.4) is 0 Å². The molecule has 0 aliphatic carbocycles. The molecule has 0 spiro atoms. The van der Waals surface area contributed by atoms with Gasteiger partial charge in [0.2, 0.25) is 0 Å². The zero-order valence-electron chi connectivity index (χ0n) is 6.14. The SMILES string of the molecule is Cc1c[c-]c(N)c(C)c1.[Cr]. The molecule has 10 heavy (non-hydrogen) atoms. The Balaban J connectivity index is 0.000000810. The van der Waals surface area contributed by atoms with E-state index in [2.05, 4.69) is 6.07 Å². The van der Waals surface area contributed by atoms with Crippen LogP contribution < -0.4 is 5.73 Å². The number of rotatable bonds is 0. The number of nitrogens with two attached hydrogens (primary N) is 1. The fourth-order valence-corrected chi connectivity index (χ4v) is 0.766. The van der Waals surface area contributed by atoms with Gasteiger partial charge in [-0.3, -0.25) is 0 Å². The molecule has 54 valence electrons. The molecule has 0 aliphatic heterocycles. The quantitative estimate of drug-likeness (QED) is 0.467. The molecule has 1 aromatic rings. The number of anilines is 1. The van der Waals surface area contributed by atoms with E-state index >= 15 is 0 Å². The number of hydrogen-bond donors (Lipinski definition) is 1. The summed E-state index contributed by atoms with van der Waals surface area (Å²) in [6.45, 7) is 4.02. The number of hydrogen-bond acceptors (Lipinski definition) is 1. The first-order valence-electron chi connectivity index (χ1n) is 2.94. The van der Waals surface area contributed by atoms with Crippen molar-refractivity contribution in [2.75, 3.05) is 5.73 Å². The molecule has 0 heterocycles. The second-order valence-electron chi connectivity index (χ2n) is 2.27. The van der Waals surface area contributed by atoms with Crippen LogP contribution in [-0.2, 0) is 17.4 Å². The molecule has 0 radical (unpaired) electrons. The van der Waals surface area contributed by atoms with Crippen LogP contribution in [0, 0.1) is 19.9 Å². The smallest absolute Gasteiger partial charge is 0 e. The van der Waals surface area contributed by atoms with E-state index in [1.165, 1.54) is 5.56 Å². The maximum atomic E-state index is 5.53. The Bertz CT molecular complexity index is 220. The summed E-state index contributed by atoms with van der Waals surface area (Å²) in [6.07, 6.45) is 0. The molecule has 1 nitrogen and oxygen atoms in total. The molecule has 0 atom stereocenters. The van der Waals surface area contributed by atoms with Gasteiger partial charge in [0.05, 0.1) is 0 Å². The fourth-order valence-electron chi connectivity index (χ4n) is 0.766. The van der Waals surface area contributed by atoms with E-state index in [9.17, 15) is 0 Å². The first-order chi connectivity index (χ1) is 4.20. The zero-order chi connectivity index (χ0) is 6.85. The molecule has 1 rings (SSSR count). The van der Waals surface area contributed by atoms with Crippen molar-refractivity contribution >= 4 is 5.69 Å². The Labute approximate surface area is 72.4 Å². The summed E-state index contributed by atoms with van der Waals surface area (Å²) in [5.41, 5.74) is 8.60. The molecule has 2 heteroatoms. The van der Waals surface area contributed by atoms with Crippen LogP contribution in [-0.4, -0.2) is 0 Å². The van der Waals surface area contributed by atoms with Gasteiger partial charge in [0, 0.05) is 17.4 Å². The van der Waals surface area contributed by atoms with Crippen LogP contribution in [0.2, 0.25) is 0 Å². The van der Waals surface area contributed by atoms with Crippen molar-refractivity contribution in [3.05, 3.63) is 29.3 Å². The van der Waals surface area contributed by atoms with Crippen molar-refractivity contribution in [1.29, 1.82) is 0 Å². The third-order valence-corrected chi connectivity index (χ3v) is 1.32. The summed E-state index contributed by atoms with van der Waals surface area (Å²) in [7, 11) is 0. The molecule has 0 bridgehead atoms. The Hall–Kier alpha value is -0.448. The van der Waals surface area contributed by atoms with E-state index < -0.39 is 0 Å². The molecule has 0 fully saturated rings. The van der Waals surface area contributed by atoms with Crippen LogP contribution in [0.1, 0.15) is 11.1 Å². The number of nitrogen functional groups attached to an aromatic ring is 1. The first kappa shape index (κ1) is 9.55. The summed E-state index contributed by atoms with van der Waals surface area (Å²) < 4.78 is 0. The summed E-state index contributed by atoms with van der Waals surface area (Å²) >= 11 is 0. The molecule has 0 unspecified atom stereocenters. The van der Waals surface area contributed by atoms with Crippen molar-refractivity contribution in [3.8, 4) is 0 Å². The monoisotopic (exact) mass is 172 g/mol. The first-order valence-corrected chi connectivity index (χ1v) is 2.94. The van der Waals surface area contributed by atoms with E-state index in [-0.39, 0.29) is 17.4 Å². The van der Waals surface area contributed by atoms with Crippen LogP contribution in [0.15, 0.2) is 12.1 Å². The molecule has 0 saturated carbocycles. The zero-order valence-corrected chi connectivity index (χ0v) is 7.42. The summed E-state index contributed by atoms with van der Waals surface area (Å²) in [4.78, 5) is 0. The van der Waals surface area contributed by atoms with Crippen molar-refractivity contribution in [2.45, 2.75) is 13.8 Å². The van der Waals surface area contributed by atoms with E-state index in [0.29, 0.717) is 0 Å². The summed E-state index contributed by atoms with van der Waals surface area (Å²) in [5.74, 6) is 0. The minimum Gasteiger partial charge on any atom is -0.420 e. The predicted molar refractivity (Wildman–Crippen MR) is 39.2 cm³/mol. The minimum atomic E-state index is 0. The Morgan fingerprint density at radius 1 is 1.40 bits per heavy atom. The maximum absolute atomic E-state index is 5.53. The largest absolute Gasteiger partial charge is 0.420 e. The fraction of sp³-hybridized carbons (Fsp3) is 0.250. The Morgan fingerprint density at radius 2 is 2.00 bits per heavy atom. The van der Waals surface area contributed by atoms with Gasteiger partial charge in [-0.25, -0.2) is 0 Å². The molecular formula is C8H10CrN-. The van der Waals surface area contributed by atoms with Gasteiger partial charge in [0.15, 0.2) is 0 Å². The van der Waals surface area contributed by atoms with Gasteiger partial charge in [0.25, 0.3) is 0 Å². The maximum Gasteiger partial charge on any atom is 0 e. The van der Waals surface area contributed by atoms with E-state index in [0.717, 1.165) is 11.3 Å². The number of benzene rings is 1. The van der Waals surface area contributed by atoms with Crippen LogP contribution in [0.4, 0.5) is 5.69 Å². The van der Waals surface area contributed by atoms with Crippen molar-refractivity contribution < 1.29 is 17.4 Å². The van der Waals surface area contributed by atoms with Gasteiger partial charge >= 0.3 is 0 Å². The Kier molecular flexibility index (Phi) is 3.49. The molecular weight excluding hydrogens is 162 g/mol. The third kappa shape index (κ3) is 2.06. The molecule has 1 aromatic carbocycles. The van der Waals surface area contributed by atoms with Gasteiger partial charge in [0.1, 0.15) is 0 Å². The van der Waals surface area contributed by atoms with Gasteiger partial charge in [-0.15, -0.1) is 5.56 Å². The average molecular weight is 172 g/mol. The van der Waals surface area contributed by atoms with E-state index in [4.69, 9.17) is 5.73 Å². The molecule has 2 N–H and O–H groups in total. The topological polar surface area (TPSA) is 26.0 Å². The summed E-state index contributed by atoms with van der Waals surface area (Å²) in [5, 5.41) is 0. The second kappa shape index (κ2) is 3.66. The van der Waals surface area contributed by atoms with Crippen LogP contribution in [0.25, 0.3) is 0 Å². The van der Waals surface area contributed by atoms with Gasteiger partial charge < -0.3 is 5.73 Å².